The first-order chi connectivity index (χ1) is 7.92. The summed E-state index contributed by atoms with van der Waals surface area (Å²) in [5.41, 5.74) is 0. The summed E-state index contributed by atoms with van der Waals surface area (Å²) in [6.45, 7) is 7.48. The van der Waals surface area contributed by atoms with Gasteiger partial charge in [0.15, 0.2) is 0 Å². The van der Waals surface area contributed by atoms with Crippen molar-refractivity contribution in [1.29, 1.82) is 0 Å². The van der Waals surface area contributed by atoms with Crippen LogP contribution in [0.4, 0.5) is 0 Å². The zero-order valence-corrected chi connectivity index (χ0v) is 10.9. The largest absolute Gasteiger partial charge is 0.317 e. The maximum atomic E-state index is 3.51. The van der Waals surface area contributed by atoms with Gasteiger partial charge in [-0.15, -0.1) is 0 Å². The molecule has 2 aliphatic rings. The fourth-order valence-electron chi connectivity index (χ4n) is 3.53. The zero-order valence-electron chi connectivity index (χ0n) is 10.9. The van der Waals surface area contributed by atoms with E-state index in [4.69, 9.17) is 0 Å². The van der Waals surface area contributed by atoms with Crippen molar-refractivity contribution in [2.45, 2.75) is 57.9 Å². The van der Waals surface area contributed by atoms with Gasteiger partial charge in [0.25, 0.3) is 0 Å². The van der Waals surface area contributed by atoms with Gasteiger partial charge in [-0.25, -0.2) is 0 Å². The zero-order chi connectivity index (χ0) is 11.2. The van der Waals surface area contributed by atoms with Gasteiger partial charge in [-0.2, -0.15) is 0 Å². The molecule has 0 spiro atoms. The van der Waals surface area contributed by atoms with Crippen molar-refractivity contribution in [3.05, 3.63) is 0 Å². The maximum Gasteiger partial charge on any atom is 0.0123 e. The summed E-state index contributed by atoms with van der Waals surface area (Å²) >= 11 is 0. The predicted octanol–water partition coefficient (Wildman–Crippen LogP) is 2.64. The Kier molecular flexibility index (Phi) is 5.11. The quantitative estimate of drug-likeness (QED) is 0.776. The van der Waals surface area contributed by atoms with Gasteiger partial charge < -0.3 is 10.2 Å². The highest BCUT2D eigenvalue weighted by Crippen LogP contribution is 2.31. The molecule has 2 unspecified atom stereocenters. The van der Waals surface area contributed by atoms with E-state index in [1.807, 2.05) is 0 Å². The highest BCUT2D eigenvalue weighted by Gasteiger charge is 2.28. The van der Waals surface area contributed by atoms with Crippen LogP contribution in [0.2, 0.25) is 0 Å². The number of nitrogens with zero attached hydrogens (tertiary/aromatic N) is 1. The van der Waals surface area contributed by atoms with Crippen LogP contribution in [0.5, 0.6) is 0 Å². The Morgan fingerprint density at radius 1 is 1.00 bits per heavy atom. The van der Waals surface area contributed by atoms with E-state index in [0.29, 0.717) is 0 Å². The smallest absolute Gasteiger partial charge is 0.0123 e. The van der Waals surface area contributed by atoms with Crippen LogP contribution < -0.4 is 5.32 Å². The Labute approximate surface area is 101 Å². The molecule has 94 valence electrons. The Morgan fingerprint density at radius 3 is 2.38 bits per heavy atom. The summed E-state index contributed by atoms with van der Waals surface area (Å²) in [7, 11) is 0. The van der Waals surface area contributed by atoms with Crippen molar-refractivity contribution in [3.63, 3.8) is 0 Å². The van der Waals surface area contributed by atoms with Crippen molar-refractivity contribution in [2.24, 2.45) is 5.92 Å². The molecule has 0 aromatic rings. The minimum Gasteiger partial charge on any atom is -0.317 e. The lowest BCUT2D eigenvalue weighted by Gasteiger charge is -2.40. The van der Waals surface area contributed by atoms with Gasteiger partial charge in [0.1, 0.15) is 0 Å². The second kappa shape index (κ2) is 6.61. The Hall–Kier alpha value is -0.0800. The second-order valence-electron chi connectivity index (χ2n) is 5.51. The van der Waals surface area contributed by atoms with E-state index in [1.54, 1.807) is 0 Å². The van der Waals surface area contributed by atoms with Crippen LogP contribution in [-0.2, 0) is 0 Å². The average Bonchev–Trinajstić information content (AvgIpc) is 2.29. The third-order valence-electron chi connectivity index (χ3n) is 4.46. The second-order valence-corrected chi connectivity index (χ2v) is 5.51. The third kappa shape index (κ3) is 3.21. The molecule has 0 bridgehead atoms. The first-order valence-corrected chi connectivity index (χ1v) is 7.36. The monoisotopic (exact) mass is 224 g/mol. The van der Waals surface area contributed by atoms with E-state index in [9.17, 15) is 0 Å². The van der Waals surface area contributed by atoms with Crippen molar-refractivity contribution < 1.29 is 0 Å². The highest BCUT2D eigenvalue weighted by molar-refractivity contribution is 4.83. The molecule has 0 amide bonds. The summed E-state index contributed by atoms with van der Waals surface area (Å²) in [6, 6.07) is 0.914. The molecular weight excluding hydrogens is 196 g/mol. The minimum absolute atomic E-state index is 0.914. The number of rotatable bonds is 2. The number of hydrogen-bond donors (Lipinski definition) is 1. The van der Waals surface area contributed by atoms with E-state index in [0.717, 1.165) is 12.0 Å². The van der Waals surface area contributed by atoms with Gasteiger partial charge in [0, 0.05) is 6.04 Å². The third-order valence-corrected chi connectivity index (χ3v) is 4.46. The van der Waals surface area contributed by atoms with Crippen LogP contribution >= 0.6 is 0 Å². The van der Waals surface area contributed by atoms with E-state index in [2.05, 4.69) is 17.1 Å². The van der Waals surface area contributed by atoms with Crippen LogP contribution in [0.1, 0.15) is 51.9 Å². The Balaban J connectivity index is 1.90. The number of nitrogens with one attached hydrogen (secondary N) is 1. The van der Waals surface area contributed by atoms with Crippen LogP contribution in [0, 0.1) is 5.92 Å². The van der Waals surface area contributed by atoms with E-state index in [1.165, 1.54) is 71.1 Å². The van der Waals surface area contributed by atoms with E-state index in [-0.39, 0.29) is 0 Å². The van der Waals surface area contributed by atoms with Gasteiger partial charge in [0.2, 0.25) is 0 Å². The molecular formula is C14H28N2. The topological polar surface area (TPSA) is 15.3 Å². The Bertz CT molecular complexity index is 185. The SMILES string of the molecule is CCC1CCCCC1N1CCCNCCC1. The van der Waals surface area contributed by atoms with Crippen molar-refractivity contribution >= 4 is 0 Å². The molecule has 0 radical (unpaired) electrons. The van der Waals surface area contributed by atoms with Gasteiger partial charge in [-0.05, 0) is 57.8 Å². The molecule has 2 nitrogen and oxygen atoms in total. The van der Waals surface area contributed by atoms with Crippen molar-refractivity contribution in [1.82, 2.24) is 10.2 Å². The van der Waals surface area contributed by atoms with E-state index < -0.39 is 0 Å². The molecule has 2 rings (SSSR count). The average molecular weight is 224 g/mol. The predicted molar refractivity (Wildman–Crippen MR) is 69.7 cm³/mol. The molecule has 2 fully saturated rings. The molecule has 0 aromatic carbocycles. The van der Waals surface area contributed by atoms with Gasteiger partial charge in [-0.3, -0.25) is 0 Å². The van der Waals surface area contributed by atoms with Crippen molar-refractivity contribution in [2.75, 3.05) is 26.2 Å². The lowest BCUT2D eigenvalue weighted by molar-refractivity contribution is 0.0944. The maximum absolute atomic E-state index is 3.51. The van der Waals surface area contributed by atoms with Gasteiger partial charge >= 0.3 is 0 Å². The normalized spacial score (nSPS) is 34.3. The fraction of sp³-hybridized carbons (Fsp3) is 1.00. The van der Waals surface area contributed by atoms with Gasteiger partial charge in [0.05, 0.1) is 0 Å². The van der Waals surface area contributed by atoms with Crippen molar-refractivity contribution in [3.8, 4) is 0 Å². The van der Waals surface area contributed by atoms with Crippen LogP contribution in [0.3, 0.4) is 0 Å². The summed E-state index contributed by atoms with van der Waals surface area (Å²) in [4.78, 5) is 2.81. The molecule has 1 heterocycles. The Morgan fingerprint density at radius 2 is 1.69 bits per heavy atom. The first kappa shape index (κ1) is 12.4. The van der Waals surface area contributed by atoms with E-state index >= 15 is 0 Å². The molecule has 16 heavy (non-hydrogen) atoms. The lowest BCUT2D eigenvalue weighted by Crippen LogP contribution is -2.45. The summed E-state index contributed by atoms with van der Waals surface area (Å²) in [5.74, 6) is 0.987. The summed E-state index contributed by atoms with van der Waals surface area (Å²) in [5, 5.41) is 3.51. The van der Waals surface area contributed by atoms with Crippen LogP contribution in [0.25, 0.3) is 0 Å². The molecule has 1 aliphatic carbocycles. The molecule has 0 aromatic heterocycles. The highest BCUT2D eigenvalue weighted by atomic mass is 15.2. The summed E-state index contributed by atoms with van der Waals surface area (Å²) < 4.78 is 0. The molecule has 1 saturated carbocycles. The standard InChI is InChI=1S/C14H28N2/c1-2-13-7-3-4-8-14(13)16-11-5-9-15-10-6-12-16/h13-15H,2-12H2,1H3. The van der Waals surface area contributed by atoms with Crippen LogP contribution in [-0.4, -0.2) is 37.1 Å². The summed E-state index contributed by atoms with van der Waals surface area (Å²) in [6.07, 6.45) is 9.96. The van der Waals surface area contributed by atoms with Gasteiger partial charge in [-0.1, -0.05) is 26.2 Å². The molecule has 2 atom stereocenters. The minimum atomic E-state index is 0.914. The first-order valence-electron chi connectivity index (χ1n) is 7.36. The molecule has 2 heteroatoms. The number of hydrogen-bond acceptors (Lipinski definition) is 2. The molecule has 1 aliphatic heterocycles. The molecule has 1 saturated heterocycles. The molecule has 1 N–H and O–H groups in total. The lowest BCUT2D eigenvalue weighted by atomic mass is 9.81. The fourth-order valence-corrected chi connectivity index (χ4v) is 3.53. The van der Waals surface area contributed by atoms with Crippen LogP contribution in [0.15, 0.2) is 0 Å².